The molecule has 0 aromatic carbocycles. The molecule has 78 valence electrons. The van der Waals surface area contributed by atoms with E-state index in [1.165, 1.54) is 12.1 Å². The van der Waals surface area contributed by atoms with Gasteiger partial charge in [-0.2, -0.15) is 0 Å². The molecule has 2 heterocycles. The quantitative estimate of drug-likeness (QED) is 0.827. The minimum absolute atomic E-state index is 0.132. The molecule has 0 aliphatic heterocycles. The van der Waals surface area contributed by atoms with E-state index in [0.29, 0.717) is 5.65 Å². The summed E-state index contributed by atoms with van der Waals surface area (Å²) >= 11 is 0. The van der Waals surface area contributed by atoms with Crippen LogP contribution in [-0.4, -0.2) is 20.5 Å². The number of aromatic carboxylic acids is 1. The van der Waals surface area contributed by atoms with Crippen LogP contribution >= 0.6 is 0 Å². The zero-order valence-corrected chi connectivity index (χ0v) is 7.39. The topological polar surface area (TPSA) is 54.6 Å². The highest BCUT2D eigenvalue weighted by Crippen LogP contribution is 2.19. The predicted molar refractivity (Wildman–Crippen MR) is 47.1 cm³/mol. The molecule has 6 heteroatoms. The molecule has 0 radical (unpaired) electrons. The summed E-state index contributed by atoms with van der Waals surface area (Å²) in [5.41, 5.74) is -0.0349. The number of nitrogens with zero attached hydrogens (tertiary/aromatic N) is 2. The van der Waals surface area contributed by atoms with E-state index in [1.807, 2.05) is 0 Å². The molecule has 15 heavy (non-hydrogen) atoms. The molecule has 0 amide bonds. The molecule has 0 spiro atoms. The zero-order valence-electron chi connectivity index (χ0n) is 7.39. The van der Waals surface area contributed by atoms with Crippen molar-refractivity contribution in [2.45, 2.75) is 6.43 Å². The summed E-state index contributed by atoms with van der Waals surface area (Å²) < 4.78 is 25.8. The lowest BCUT2D eigenvalue weighted by molar-refractivity contribution is 0.0689. The van der Waals surface area contributed by atoms with Crippen LogP contribution in [0.2, 0.25) is 0 Å². The van der Waals surface area contributed by atoms with Gasteiger partial charge in [0, 0.05) is 11.8 Å². The Bertz CT molecular complexity index is 522. The number of aromatic nitrogens is 2. The van der Waals surface area contributed by atoms with Gasteiger partial charge in [-0.25, -0.2) is 18.6 Å². The number of carboxylic acid groups (broad SMARTS) is 1. The summed E-state index contributed by atoms with van der Waals surface area (Å²) in [5.74, 6) is -1.20. The molecule has 0 aliphatic carbocycles. The SMILES string of the molecule is O=C(O)c1cnc2ccc(C(F)F)cn12. The third-order valence-corrected chi connectivity index (χ3v) is 2.00. The van der Waals surface area contributed by atoms with Crippen LogP contribution in [-0.2, 0) is 0 Å². The Hall–Kier alpha value is -1.98. The standard InChI is InChI=1S/C9H6F2N2O2/c10-8(11)5-1-2-7-12-3-6(9(14)15)13(7)4-5/h1-4,8H,(H,14,15). The van der Waals surface area contributed by atoms with Crippen LogP contribution in [0.15, 0.2) is 24.5 Å². The molecule has 0 saturated carbocycles. The number of carbonyl (C=O) groups is 1. The van der Waals surface area contributed by atoms with Gasteiger partial charge in [-0.3, -0.25) is 4.40 Å². The monoisotopic (exact) mass is 212 g/mol. The fourth-order valence-corrected chi connectivity index (χ4v) is 1.28. The van der Waals surface area contributed by atoms with Crippen molar-refractivity contribution in [1.29, 1.82) is 0 Å². The molecule has 2 aromatic heterocycles. The third-order valence-electron chi connectivity index (χ3n) is 2.00. The minimum atomic E-state index is -2.63. The normalized spacial score (nSPS) is 11.1. The third kappa shape index (κ3) is 1.54. The number of hydrogen-bond donors (Lipinski definition) is 1. The molecule has 2 rings (SSSR count). The van der Waals surface area contributed by atoms with E-state index in [0.717, 1.165) is 16.8 Å². The van der Waals surface area contributed by atoms with Crippen molar-refractivity contribution in [3.05, 3.63) is 35.8 Å². The van der Waals surface area contributed by atoms with Crippen molar-refractivity contribution < 1.29 is 18.7 Å². The van der Waals surface area contributed by atoms with E-state index >= 15 is 0 Å². The van der Waals surface area contributed by atoms with Gasteiger partial charge in [-0.1, -0.05) is 0 Å². The van der Waals surface area contributed by atoms with E-state index in [-0.39, 0.29) is 11.3 Å². The number of hydrogen-bond acceptors (Lipinski definition) is 2. The highest BCUT2D eigenvalue weighted by atomic mass is 19.3. The van der Waals surface area contributed by atoms with Crippen LogP contribution < -0.4 is 0 Å². The molecule has 0 fully saturated rings. The van der Waals surface area contributed by atoms with E-state index in [4.69, 9.17) is 5.11 Å². The lowest BCUT2D eigenvalue weighted by Gasteiger charge is -2.01. The van der Waals surface area contributed by atoms with Crippen molar-refractivity contribution in [2.24, 2.45) is 0 Å². The van der Waals surface area contributed by atoms with Crippen LogP contribution in [0, 0.1) is 0 Å². The van der Waals surface area contributed by atoms with Crippen molar-refractivity contribution in [3.8, 4) is 0 Å². The van der Waals surface area contributed by atoms with Crippen molar-refractivity contribution in [1.82, 2.24) is 9.38 Å². The fraction of sp³-hybridized carbons (Fsp3) is 0.111. The number of fused-ring (bicyclic) bond motifs is 1. The van der Waals surface area contributed by atoms with Gasteiger partial charge < -0.3 is 5.11 Å². The maximum atomic E-state index is 12.4. The first-order chi connectivity index (χ1) is 7.09. The van der Waals surface area contributed by atoms with Gasteiger partial charge in [-0.15, -0.1) is 0 Å². The lowest BCUT2D eigenvalue weighted by Crippen LogP contribution is -2.02. The maximum Gasteiger partial charge on any atom is 0.354 e. The molecular formula is C9H6F2N2O2. The average Bonchev–Trinajstić information content (AvgIpc) is 2.59. The Morgan fingerprint density at radius 3 is 2.80 bits per heavy atom. The lowest BCUT2D eigenvalue weighted by atomic mass is 10.3. The minimum Gasteiger partial charge on any atom is -0.477 e. The molecule has 1 N–H and O–H groups in total. The Labute approximate surface area is 82.8 Å². The van der Waals surface area contributed by atoms with Crippen molar-refractivity contribution in [2.75, 3.05) is 0 Å². The Morgan fingerprint density at radius 2 is 2.20 bits per heavy atom. The molecule has 4 nitrogen and oxygen atoms in total. The highest BCUT2D eigenvalue weighted by molar-refractivity contribution is 5.86. The summed E-state index contributed by atoms with van der Waals surface area (Å²) in [4.78, 5) is 14.5. The number of imidazole rings is 1. The number of carboxylic acids is 1. The van der Waals surface area contributed by atoms with Crippen LogP contribution in [0.25, 0.3) is 5.65 Å². The first-order valence-electron chi connectivity index (χ1n) is 4.08. The summed E-state index contributed by atoms with van der Waals surface area (Å²) in [6, 6.07) is 2.58. The van der Waals surface area contributed by atoms with Gasteiger partial charge in [0.15, 0.2) is 5.69 Å². The number of pyridine rings is 1. The average molecular weight is 212 g/mol. The largest absolute Gasteiger partial charge is 0.477 e. The smallest absolute Gasteiger partial charge is 0.354 e. The van der Waals surface area contributed by atoms with Gasteiger partial charge in [-0.05, 0) is 12.1 Å². The molecule has 0 bridgehead atoms. The number of rotatable bonds is 2. The molecular weight excluding hydrogens is 206 g/mol. The summed E-state index contributed by atoms with van der Waals surface area (Å²) in [7, 11) is 0. The second-order valence-corrected chi connectivity index (χ2v) is 2.94. The second-order valence-electron chi connectivity index (χ2n) is 2.94. The Balaban J connectivity index is 2.66. The molecule has 0 aliphatic rings. The summed E-state index contributed by atoms with van der Waals surface area (Å²) in [5, 5.41) is 8.75. The van der Waals surface area contributed by atoms with Gasteiger partial charge in [0.05, 0.1) is 6.20 Å². The first kappa shape index (κ1) is 9.57. The number of halogens is 2. The van der Waals surface area contributed by atoms with Gasteiger partial charge in [0.25, 0.3) is 6.43 Å². The summed E-state index contributed by atoms with van der Waals surface area (Å²) in [6.07, 6.45) is -0.415. The van der Waals surface area contributed by atoms with Crippen LogP contribution in [0.1, 0.15) is 22.5 Å². The fourth-order valence-electron chi connectivity index (χ4n) is 1.28. The maximum absolute atomic E-state index is 12.4. The van der Waals surface area contributed by atoms with E-state index in [1.54, 1.807) is 0 Å². The van der Waals surface area contributed by atoms with Crippen molar-refractivity contribution >= 4 is 11.6 Å². The summed E-state index contributed by atoms with van der Waals surface area (Å²) in [6.45, 7) is 0. The zero-order chi connectivity index (χ0) is 11.0. The van der Waals surface area contributed by atoms with Crippen molar-refractivity contribution in [3.63, 3.8) is 0 Å². The molecule has 0 atom stereocenters. The molecule has 2 aromatic rings. The van der Waals surface area contributed by atoms with E-state index in [9.17, 15) is 13.6 Å². The Morgan fingerprint density at radius 1 is 1.47 bits per heavy atom. The van der Waals surface area contributed by atoms with Gasteiger partial charge >= 0.3 is 5.97 Å². The van der Waals surface area contributed by atoms with Crippen LogP contribution in [0.3, 0.4) is 0 Å². The van der Waals surface area contributed by atoms with Gasteiger partial charge in [0.2, 0.25) is 0 Å². The van der Waals surface area contributed by atoms with Crippen LogP contribution in [0.4, 0.5) is 8.78 Å². The van der Waals surface area contributed by atoms with Crippen LogP contribution in [0.5, 0.6) is 0 Å². The first-order valence-corrected chi connectivity index (χ1v) is 4.08. The Kier molecular flexibility index (Phi) is 2.11. The predicted octanol–water partition coefficient (Wildman–Crippen LogP) is 1.97. The second kappa shape index (κ2) is 3.30. The van der Waals surface area contributed by atoms with E-state index in [2.05, 4.69) is 4.98 Å². The highest BCUT2D eigenvalue weighted by Gasteiger charge is 2.13. The number of alkyl halides is 2. The molecule has 0 unspecified atom stereocenters. The molecule has 0 saturated heterocycles. The van der Waals surface area contributed by atoms with E-state index < -0.39 is 12.4 Å². The van der Waals surface area contributed by atoms with Gasteiger partial charge in [0.1, 0.15) is 5.65 Å².